The first kappa shape index (κ1) is 23.4. The summed E-state index contributed by atoms with van der Waals surface area (Å²) in [5, 5.41) is 18.8. The lowest BCUT2D eigenvalue weighted by Gasteiger charge is -2.38. The van der Waals surface area contributed by atoms with Crippen molar-refractivity contribution >= 4 is 17.7 Å². The molecule has 1 aliphatic heterocycles. The Hall–Kier alpha value is -3.26. The molecule has 5 heteroatoms. The third-order valence-corrected chi connectivity index (χ3v) is 6.25. The fraction of sp³-hybridized carbons (Fsp3) is 0.407. The third-order valence-electron chi connectivity index (χ3n) is 6.25. The monoisotopic (exact) mass is 433 g/mol. The molecule has 2 aromatic rings. The van der Waals surface area contributed by atoms with Crippen molar-refractivity contribution in [1.29, 1.82) is 0 Å². The Labute approximate surface area is 190 Å². The van der Waals surface area contributed by atoms with E-state index in [-0.39, 0.29) is 16.9 Å². The quantitative estimate of drug-likeness (QED) is 0.416. The van der Waals surface area contributed by atoms with Crippen molar-refractivity contribution < 1.29 is 19.8 Å². The Morgan fingerprint density at radius 3 is 2.44 bits per heavy atom. The standard InChI is InChI=1S/C27H31NO4/c1-4-5-6-7-20(11-8-19-9-12-21(13-10-19)25(29)30)22-14-15-23-24(18-22)28(26(31)32)17-16-27(23,2)3/h9-10,12-15,18,20H,4-7,16-17H2,1-3H3,(H,29,30)(H,31,32). The molecular formula is C27H31NO4. The Bertz CT molecular complexity index is 1040. The predicted octanol–water partition coefficient (Wildman–Crippen LogP) is 6.27. The van der Waals surface area contributed by atoms with Gasteiger partial charge in [0.25, 0.3) is 0 Å². The molecule has 2 N–H and O–H groups in total. The first-order chi connectivity index (χ1) is 15.2. The topological polar surface area (TPSA) is 77.8 Å². The van der Waals surface area contributed by atoms with Gasteiger partial charge in [-0.25, -0.2) is 9.59 Å². The van der Waals surface area contributed by atoms with E-state index >= 15 is 0 Å². The Balaban J connectivity index is 1.96. The van der Waals surface area contributed by atoms with Gasteiger partial charge in [-0.15, -0.1) is 0 Å². The zero-order valence-electron chi connectivity index (χ0n) is 19.0. The number of carbonyl (C=O) groups is 2. The minimum atomic E-state index is -0.957. The number of aromatic carboxylic acids is 1. The van der Waals surface area contributed by atoms with Crippen LogP contribution in [-0.2, 0) is 5.41 Å². The van der Waals surface area contributed by atoms with Gasteiger partial charge in [0, 0.05) is 18.0 Å². The van der Waals surface area contributed by atoms with Gasteiger partial charge in [0.05, 0.1) is 11.3 Å². The number of benzene rings is 2. The van der Waals surface area contributed by atoms with E-state index in [9.17, 15) is 14.7 Å². The van der Waals surface area contributed by atoms with Crippen molar-refractivity contribution in [3.05, 3.63) is 64.7 Å². The first-order valence-corrected chi connectivity index (χ1v) is 11.2. The van der Waals surface area contributed by atoms with Crippen LogP contribution in [0.4, 0.5) is 10.5 Å². The number of rotatable bonds is 6. The van der Waals surface area contributed by atoms with E-state index < -0.39 is 12.1 Å². The van der Waals surface area contributed by atoms with E-state index in [4.69, 9.17) is 5.11 Å². The SMILES string of the molecule is CCCCCC(C#Cc1ccc(C(=O)O)cc1)c1ccc2c(c1)N(C(=O)O)CCC2(C)C. The minimum absolute atomic E-state index is 0.0216. The van der Waals surface area contributed by atoms with Crippen molar-refractivity contribution in [2.45, 2.75) is 64.2 Å². The average Bonchev–Trinajstić information content (AvgIpc) is 2.76. The molecule has 32 heavy (non-hydrogen) atoms. The molecule has 168 valence electrons. The van der Waals surface area contributed by atoms with Crippen LogP contribution in [0.15, 0.2) is 42.5 Å². The normalized spacial score (nSPS) is 15.3. The van der Waals surface area contributed by atoms with Crippen LogP contribution < -0.4 is 4.90 Å². The number of nitrogens with zero attached hydrogens (tertiary/aromatic N) is 1. The molecule has 0 aliphatic carbocycles. The summed E-state index contributed by atoms with van der Waals surface area (Å²) in [5.74, 6) is 5.58. The highest BCUT2D eigenvalue weighted by Crippen LogP contribution is 2.41. The molecule has 2 aromatic carbocycles. The molecule has 0 radical (unpaired) electrons. The van der Waals surface area contributed by atoms with Crippen molar-refractivity contribution in [3.63, 3.8) is 0 Å². The van der Waals surface area contributed by atoms with E-state index in [1.54, 1.807) is 24.3 Å². The smallest absolute Gasteiger partial charge is 0.411 e. The van der Waals surface area contributed by atoms with Crippen LogP contribution in [-0.4, -0.2) is 28.8 Å². The molecule has 5 nitrogen and oxygen atoms in total. The Morgan fingerprint density at radius 1 is 1.09 bits per heavy atom. The summed E-state index contributed by atoms with van der Waals surface area (Å²) in [6.45, 7) is 6.96. The van der Waals surface area contributed by atoms with Gasteiger partial charge in [0.15, 0.2) is 0 Å². The lowest BCUT2D eigenvalue weighted by molar-refractivity contribution is 0.0697. The van der Waals surface area contributed by atoms with E-state index in [0.29, 0.717) is 6.54 Å². The van der Waals surface area contributed by atoms with Crippen LogP contribution in [0.1, 0.15) is 85.8 Å². The molecule has 0 spiro atoms. The third kappa shape index (κ3) is 5.31. The summed E-state index contributed by atoms with van der Waals surface area (Å²) >= 11 is 0. The second-order valence-corrected chi connectivity index (χ2v) is 9.04. The van der Waals surface area contributed by atoms with Gasteiger partial charge in [-0.05, 0) is 59.7 Å². The molecule has 3 rings (SSSR count). The molecule has 0 saturated heterocycles. The Morgan fingerprint density at radius 2 is 1.81 bits per heavy atom. The van der Waals surface area contributed by atoms with E-state index in [1.807, 2.05) is 6.07 Å². The maximum absolute atomic E-state index is 11.9. The van der Waals surface area contributed by atoms with Crippen LogP contribution in [0, 0.1) is 11.8 Å². The zero-order chi connectivity index (χ0) is 23.3. The van der Waals surface area contributed by atoms with E-state index in [1.165, 1.54) is 4.90 Å². The van der Waals surface area contributed by atoms with Crippen molar-refractivity contribution in [2.75, 3.05) is 11.4 Å². The fourth-order valence-corrected chi connectivity index (χ4v) is 4.19. The Kier molecular flexibility index (Phi) is 7.25. The molecular weight excluding hydrogens is 402 g/mol. The van der Waals surface area contributed by atoms with E-state index in [2.05, 4.69) is 44.7 Å². The summed E-state index contributed by atoms with van der Waals surface area (Å²) in [7, 11) is 0. The highest BCUT2D eigenvalue weighted by molar-refractivity contribution is 5.89. The van der Waals surface area contributed by atoms with Gasteiger partial charge in [-0.3, -0.25) is 4.90 Å². The maximum atomic E-state index is 11.9. The zero-order valence-corrected chi connectivity index (χ0v) is 19.0. The first-order valence-electron chi connectivity index (χ1n) is 11.2. The van der Waals surface area contributed by atoms with Crippen LogP contribution >= 0.6 is 0 Å². The number of anilines is 1. The molecule has 1 aliphatic rings. The summed E-state index contributed by atoms with van der Waals surface area (Å²) in [6.07, 6.45) is 4.03. The highest BCUT2D eigenvalue weighted by atomic mass is 16.4. The number of hydrogen-bond acceptors (Lipinski definition) is 2. The number of unbranched alkanes of at least 4 members (excludes halogenated alkanes) is 2. The molecule has 0 fully saturated rings. The number of carboxylic acids is 1. The predicted molar refractivity (Wildman–Crippen MR) is 127 cm³/mol. The molecule has 1 unspecified atom stereocenters. The van der Waals surface area contributed by atoms with Gasteiger partial charge >= 0.3 is 12.1 Å². The molecule has 0 saturated carbocycles. The number of carboxylic acid groups (broad SMARTS) is 2. The van der Waals surface area contributed by atoms with Gasteiger partial charge in [-0.1, -0.05) is 64.0 Å². The highest BCUT2D eigenvalue weighted by Gasteiger charge is 2.34. The summed E-state index contributed by atoms with van der Waals surface area (Å²) in [4.78, 5) is 24.4. The maximum Gasteiger partial charge on any atom is 0.411 e. The van der Waals surface area contributed by atoms with Gasteiger partial charge in [-0.2, -0.15) is 0 Å². The van der Waals surface area contributed by atoms with Gasteiger partial charge in [0.1, 0.15) is 0 Å². The largest absolute Gasteiger partial charge is 0.478 e. The lowest BCUT2D eigenvalue weighted by Crippen LogP contribution is -2.40. The molecule has 1 atom stereocenters. The fourth-order valence-electron chi connectivity index (χ4n) is 4.19. The van der Waals surface area contributed by atoms with E-state index in [0.717, 1.165) is 54.5 Å². The van der Waals surface area contributed by atoms with Crippen molar-refractivity contribution in [1.82, 2.24) is 0 Å². The van der Waals surface area contributed by atoms with Crippen molar-refractivity contribution in [2.24, 2.45) is 0 Å². The lowest BCUT2D eigenvalue weighted by atomic mass is 9.76. The van der Waals surface area contributed by atoms with Gasteiger partial charge < -0.3 is 10.2 Å². The summed E-state index contributed by atoms with van der Waals surface area (Å²) in [5.41, 5.74) is 3.77. The average molecular weight is 434 g/mol. The molecule has 1 heterocycles. The van der Waals surface area contributed by atoms with Crippen LogP contribution in [0.3, 0.4) is 0 Å². The second-order valence-electron chi connectivity index (χ2n) is 9.04. The minimum Gasteiger partial charge on any atom is -0.478 e. The number of amides is 1. The molecule has 0 aromatic heterocycles. The summed E-state index contributed by atoms with van der Waals surface area (Å²) in [6, 6.07) is 12.7. The molecule has 1 amide bonds. The number of fused-ring (bicyclic) bond motifs is 1. The molecule has 0 bridgehead atoms. The van der Waals surface area contributed by atoms with Crippen LogP contribution in [0.5, 0.6) is 0 Å². The van der Waals surface area contributed by atoms with Crippen LogP contribution in [0.25, 0.3) is 0 Å². The number of hydrogen-bond donors (Lipinski definition) is 2. The second kappa shape index (κ2) is 9.91. The van der Waals surface area contributed by atoms with Crippen molar-refractivity contribution in [3.8, 4) is 11.8 Å². The summed E-state index contributed by atoms with van der Waals surface area (Å²) < 4.78 is 0. The van der Waals surface area contributed by atoms with Gasteiger partial charge in [0.2, 0.25) is 0 Å². The van der Waals surface area contributed by atoms with Crippen LogP contribution in [0.2, 0.25) is 0 Å².